The number of rotatable bonds is 4. The van der Waals surface area contributed by atoms with E-state index < -0.39 is 11.6 Å². The van der Waals surface area contributed by atoms with Crippen molar-refractivity contribution in [3.63, 3.8) is 0 Å². The Morgan fingerprint density at radius 1 is 1.10 bits per heavy atom. The number of nitrogens with one attached hydrogen (secondary N) is 4. The monoisotopic (exact) mass is 571 g/mol. The molecule has 0 bridgehead atoms. The number of halogens is 1. The Morgan fingerprint density at radius 2 is 1.87 bits per heavy atom. The molecule has 208 valence electrons. The Hall–Kier alpha value is -3.15. The van der Waals surface area contributed by atoms with Crippen molar-refractivity contribution >= 4 is 51.7 Å². The van der Waals surface area contributed by atoms with Crippen LogP contribution in [-0.2, 0) is 13.0 Å². The lowest BCUT2D eigenvalue weighted by atomic mass is 9.98. The number of aromatic amines is 1. The number of hydrogen-bond donors (Lipinski definition) is 4. The van der Waals surface area contributed by atoms with Crippen LogP contribution in [0.1, 0.15) is 58.1 Å². The Kier molecular flexibility index (Phi) is 7.58. The summed E-state index contributed by atoms with van der Waals surface area (Å²) < 4.78 is 0. The smallest absolute Gasteiger partial charge is 0.317 e. The Morgan fingerprint density at radius 3 is 2.64 bits per heavy atom. The number of benzene rings is 1. The fraction of sp³-hybridized carbons (Fsp3) is 0.481. The van der Waals surface area contributed by atoms with Crippen molar-refractivity contribution in [1.29, 1.82) is 0 Å². The summed E-state index contributed by atoms with van der Waals surface area (Å²) in [7, 11) is 2.05. The van der Waals surface area contributed by atoms with Crippen LogP contribution in [0.2, 0.25) is 5.02 Å². The molecule has 4 N–H and O–H groups in total. The van der Waals surface area contributed by atoms with Crippen LogP contribution in [0.3, 0.4) is 0 Å². The number of nitrogens with zero attached hydrogens (tertiary/aromatic N) is 3. The standard InChI is InChI=1S/C27H34ClN7O3S/c1-27(2,3)33-26(38)35-10-8-18(30-23(36)20-12-15-11-16(28)5-6-17(15)29-20)21(13-35)31-24(37)25-32-19-7-9-34(4)14-22(19)39-25/h5-6,11-12,18,21,29H,7-10,13-14H2,1-4H3,(H,30,36)(H,31,37)(H,33,38)/t18-,21+/m0/s1. The SMILES string of the molecule is CN1CCc2nc(C(=O)N[C@@H]3CN(C(=O)NC(C)(C)C)CC[C@@H]3NC(=O)c3cc4cc(Cl)ccc4[nH]3)sc2C1. The molecule has 0 saturated carbocycles. The van der Waals surface area contributed by atoms with Gasteiger partial charge in [0.15, 0.2) is 5.01 Å². The molecule has 3 aromatic rings. The number of piperidine rings is 1. The number of H-pyrrole nitrogens is 1. The van der Waals surface area contributed by atoms with Crippen LogP contribution in [0.5, 0.6) is 0 Å². The third-order valence-electron chi connectivity index (χ3n) is 6.96. The number of hydrogen-bond acceptors (Lipinski definition) is 6. The highest BCUT2D eigenvalue weighted by Crippen LogP contribution is 2.25. The summed E-state index contributed by atoms with van der Waals surface area (Å²) in [6.07, 6.45) is 1.30. The van der Waals surface area contributed by atoms with E-state index in [-0.39, 0.29) is 30.4 Å². The molecule has 1 fully saturated rings. The first-order valence-corrected chi connectivity index (χ1v) is 14.3. The highest BCUT2D eigenvalue weighted by Gasteiger charge is 2.35. The van der Waals surface area contributed by atoms with Crippen molar-refractivity contribution in [3.05, 3.63) is 50.6 Å². The lowest BCUT2D eigenvalue weighted by Crippen LogP contribution is -2.63. The second kappa shape index (κ2) is 10.8. The molecule has 2 aliphatic rings. The van der Waals surface area contributed by atoms with Gasteiger partial charge in [-0.15, -0.1) is 11.3 Å². The van der Waals surface area contributed by atoms with Gasteiger partial charge < -0.3 is 30.7 Å². The van der Waals surface area contributed by atoms with E-state index in [0.29, 0.717) is 28.7 Å². The van der Waals surface area contributed by atoms with Crippen molar-refractivity contribution in [2.24, 2.45) is 0 Å². The van der Waals surface area contributed by atoms with E-state index in [9.17, 15) is 14.4 Å². The Labute approximate surface area is 236 Å². The summed E-state index contributed by atoms with van der Waals surface area (Å²) in [5.41, 5.74) is 1.79. The van der Waals surface area contributed by atoms with E-state index in [4.69, 9.17) is 11.6 Å². The summed E-state index contributed by atoms with van der Waals surface area (Å²) in [6, 6.07) is 6.07. The summed E-state index contributed by atoms with van der Waals surface area (Å²) in [5.74, 6) is -0.577. The lowest BCUT2D eigenvalue weighted by molar-refractivity contribution is 0.0823. The molecule has 2 aliphatic heterocycles. The minimum Gasteiger partial charge on any atom is -0.351 e. The minimum atomic E-state index is -0.497. The van der Waals surface area contributed by atoms with Gasteiger partial charge in [-0.3, -0.25) is 9.59 Å². The van der Waals surface area contributed by atoms with Gasteiger partial charge in [-0.2, -0.15) is 0 Å². The molecule has 0 unspecified atom stereocenters. The molecule has 12 heteroatoms. The fourth-order valence-corrected chi connectivity index (χ4v) is 6.25. The second-order valence-corrected chi connectivity index (χ2v) is 12.9. The maximum absolute atomic E-state index is 13.3. The lowest BCUT2D eigenvalue weighted by Gasteiger charge is -2.40. The molecule has 2 atom stereocenters. The van der Waals surface area contributed by atoms with Crippen LogP contribution in [0, 0.1) is 0 Å². The zero-order valence-electron chi connectivity index (χ0n) is 22.6. The van der Waals surface area contributed by atoms with Gasteiger partial charge in [-0.1, -0.05) is 11.6 Å². The first-order valence-electron chi connectivity index (χ1n) is 13.1. The summed E-state index contributed by atoms with van der Waals surface area (Å²) >= 11 is 7.51. The first kappa shape index (κ1) is 27.4. The van der Waals surface area contributed by atoms with Crippen LogP contribution in [0.4, 0.5) is 4.79 Å². The van der Waals surface area contributed by atoms with Crippen molar-refractivity contribution in [2.45, 2.75) is 57.8 Å². The van der Waals surface area contributed by atoms with Gasteiger partial charge in [0.2, 0.25) is 0 Å². The molecule has 4 amide bonds. The largest absolute Gasteiger partial charge is 0.351 e. The number of thiazole rings is 1. The van der Waals surface area contributed by atoms with Crippen LogP contribution in [-0.4, -0.2) is 81.9 Å². The summed E-state index contributed by atoms with van der Waals surface area (Å²) in [4.78, 5) is 52.3. The number of carbonyl (C=O) groups excluding carboxylic acids is 3. The van der Waals surface area contributed by atoms with E-state index in [2.05, 4.69) is 37.9 Å². The molecule has 5 rings (SSSR count). The van der Waals surface area contributed by atoms with E-state index in [1.54, 1.807) is 23.1 Å². The molecule has 1 aromatic carbocycles. The van der Waals surface area contributed by atoms with E-state index >= 15 is 0 Å². The van der Waals surface area contributed by atoms with Crippen LogP contribution >= 0.6 is 22.9 Å². The third kappa shape index (κ3) is 6.37. The zero-order chi connectivity index (χ0) is 27.9. The molecule has 10 nitrogen and oxygen atoms in total. The predicted molar refractivity (Wildman–Crippen MR) is 152 cm³/mol. The fourth-order valence-electron chi connectivity index (χ4n) is 4.98. The zero-order valence-corrected chi connectivity index (χ0v) is 24.1. The predicted octanol–water partition coefficient (Wildman–Crippen LogP) is 3.38. The van der Waals surface area contributed by atoms with E-state index in [1.165, 1.54) is 11.3 Å². The molecular formula is C27H34ClN7O3S. The van der Waals surface area contributed by atoms with Crippen molar-refractivity contribution in [3.8, 4) is 0 Å². The van der Waals surface area contributed by atoms with Crippen LogP contribution < -0.4 is 16.0 Å². The van der Waals surface area contributed by atoms with E-state index in [0.717, 1.165) is 41.0 Å². The maximum atomic E-state index is 13.3. The van der Waals surface area contributed by atoms with Gasteiger partial charge in [0.1, 0.15) is 5.69 Å². The molecule has 0 aliphatic carbocycles. The quantitative estimate of drug-likeness (QED) is 0.382. The molecule has 1 saturated heterocycles. The number of fused-ring (bicyclic) bond motifs is 2. The van der Waals surface area contributed by atoms with Gasteiger partial charge in [-0.05, 0) is 58.5 Å². The van der Waals surface area contributed by atoms with Crippen molar-refractivity contribution in [2.75, 3.05) is 26.7 Å². The number of amides is 4. The topological polar surface area (TPSA) is 122 Å². The molecule has 4 heterocycles. The molecule has 0 spiro atoms. The van der Waals surface area contributed by atoms with Crippen molar-refractivity contribution < 1.29 is 14.4 Å². The highest BCUT2D eigenvalue weighted by molar-refractivity contribution is 7.13. The van der Waals surface area contributed by atoms with Gasteiger partial charge in [0.25, 0.3) is 11.8 Å². The first-order chi connectivity index (χ1) is 18.4. The summed E-state index contributed by atoms with van der Waals surface area (Å²) in [5, 5.41) is 11.0. The van der Waals surface area contributed by atoms with Crippen molar-refractivity contribution in [1.82, 2.24) is 35.7 Å². The van der Waals surface area contributed by atoms with Crippen LogP contribution in [0.25, 0.3) is 10.9 Å². The third-order valence-corrected chi connectivity index (χ3v) is 8.27. The number of likely N-dealkylation sites (N-methyl/N-ethyl adjacent to an activating group) is 1. The number of aromatic nitrogens is 2. The average Bonchev–Trinajstić information content (AvgIpc) is 3.47. The highest BCUT2D eigenvalue weighted by atomic mass is 35.5. The number of carbonyl (C=O) groups is 3. The number of likely N-dealkylation sites (tertiary alicyclic amines) is 1. The average molecular weight is 572 g/mol. The maximum Gasteiger partial charge on any atom is 0.317 e. The van der Waals surface area contributed by atoms with Crippen LogP contribution in [0.15, 0.2) is 24.3 Å². The van der Waals surface area contributed by atoms with Gasteiger partial charge >= 0.3 is 6.03 Å². The minimum absolute atomic E-state index is 0.202. The second-order valence-electron chi connectivity index (χ2n) is 11.4. The van der Waals surface area contributed by atoms with Gasteiger partial charge in [-0.25, -0.2) is 9.78 Å². The normalized spacial score (nSPS) is 20.0. The Balaban J connectivity index is 1.33. The molecule has 39 heavy (non-hydrogen) atoms. The molecule has 2 aromatic heterocycles. The number of urea groups is 1. The Bertz CT molecular complexity index is 1410. The van der Waals surface area contributed by atoms with Gasteiger partial charge in [0, 0.05) is 58.9 Å². The molecule has 0 radical (unpaired) electrons. The van der Waals surface area contributed by atoms with Gasteiger partial charge in [0.05, 0.1) is 17.8 Å². The molecular weight excluding hydrogens is 538 g/mol. The summed E-state index contributed by atoms with van der Waals surface area (Å²) in [6.45, 7) is 8.16. The van der Waals surface area contributed by atoms with E-state index in [1.807, 2.05) is 26.8 Å².